The first kappa shape index (κ1) is 17.0. The van der Waals surface area contributed by atoms with Gasteiger partial charge in [0, 0.05) is 11.9 Å². The Balaban J connectivity index is 1.61. The largest absolute Gasteiger partial charge is 0.459 e. The van der Waals surface area contributed by atoms with Gasteiger partial charge in [0.2, 0.25) is 0 Å². The maximum absolute atomic E-state index is 12.3. The maximum Gasteiger partial charge on any atom is 0.315 e. The summed E-state index contributed by atoms with van der Waals surface area (Å²) in [5.74, 6) is 0.736. The molecule has 0 fully saturated rings. The van der Waals surface area contributed by atoms with Crippen molar-refractivity contribution in [2.45, 2.75) is 12.6 Å². The second kappa shape index (κ2) is 7.85. The number of carbonyl (C=O) groups excluding carboxylic acids is 1. The van der Waals surface area contributed by atoms with Crippen molar-refractivity contribution < 1.29 is 9.21 Å². The molecule has 2 N–H and O–H groups in total. The molecule has 1 atom stereocenters. The average Bonchev–Trinajstić information content (AvgIpc) is 3.03. The lowest BCUT2D eigenvalue weighted by Crippen LogP contribution is -2.41. The second-order valence-corrected chi connectivity index (χ2v) is 6.30. The molecule has 25 heavy (non-hydrogen) atoms. The minimum absolute atomic E-state index is 0.0770. The molecule has 3 rings (SSSR count). The van der Waals surface area contributed by atoms with Gasteiger partial charge in [-0.1, -0.05) is 48.5 Å². The Kier molecular flexibility index (Phi) is 5.36. The third-order valence-electron chi connectivity index (χ3n) is 3.95. The minimum Gasteiger partial charge on any atom is -0.459 e. The Morgan fingerprint density at radius 3 is 2.52 bits per heavy atom. The van der Waals surface area contributed by atoms with Gasteiger partial charge in [-0.25, -0.2) is 4.79 Å². The van der Waals surface area contributed by atoms with Crippen LogP contribution in [0, 0.1) is 0 Å². The van der Waals surface area contributed by atoms with Crippen LogP contribution < -0.4 is 10.6 Å². The highest BCUT2D eigenvalue weighted by molar-refractivity contribution is 5.78. The molecule has 130 valence electrons. The van der Waals surface area contributed by atoms with Crippen LogP contribution in [-0.2, 0) is 6.54 Å². The zero-order valence-corrected chi connectivity index (χ0v) is 14.5. The lowest BCUT2D eigenvalue weighted by molar-refractivity contribution is 0.231. The Labute approximate surface area is 147 Å². The van der Waals surface area contributed by atoms with Gasteiger partial charge in [-0.3, -0.25) is 0 Å². The summed E-state index contributed by atoms with van der Waals surface area (Å²) in [6, 6.07) is 19.4. The van der Waals surface area contributed by atoms with Gasteiger partial charge < -0.3 is 20.0 Å². The number of urea groups is 1. The molecule has 1 unspecified atom stereocenters. The number of furan rings is 1. The maximum atomic E-state index is 12.3. The average molecular weight is 337 g/mol. The van der Waals surface area contributed by atoms with Gasteiger partial charge >= 0.3 is 6.03 Å². The van der Waals surface area contributed by atoms with E-state index in [2.05, 4.69) is 15.5 Å². The number of para-hydroxylation sites is 1. The fourth-order valence-corrected chi connectivity index (χ4v) is 2.79. The molecule has 0 aliphatic rings. The van der Waals surface area contributed by atoms with Crippen LogP contribution in [-0.4, -0.2) is 31.6 Å². The highest BCUT2D eigenvalue weighted by atomic mass is 16.3. The van der Waals surface area contributed by atoms with E-state index in [1.165, 1.54) is 0 Å². The van der Waals surface area contributed by atoms with E-state index >= 15 is 0 Å². The first-order valence-electron chi connectivity index (χ1n) is 8.33. The molecule has 0 spiro atoms. The van der Waals surface area contributed by atoms with Crippen molar-refractivity contribution in [2.24, 2.45) is 0 Å². The van der Waals surface area contributed by atoms with Crippen LogP contribution in [0.3, 0.4) is 0 Å². The number of rotatable bonds is 6. The SMILES string of the molecule is CN(C)CC(NC(=O)NCc1cc2ccccc2o1)c1ccccc1. The summed E-state index contributed by atoms with van der Waals surface area (Å²) < 4.78 is 5.72. The van der Waals surface area contributed by atoms with Crippen LogP contribution in [0.15, 0.2) is 65.1 Å². The van der Waals surface area contributed by atoms with E-state index in [1.54, 1.807) is 0 Å². The van der Waals surface area contributed by atoms with E-state index in [0.29, 0.717) is 6.54 Å². The van der Waals surface area contributed by atoms with Gasteiger partial charge in [0.25, 0.3) is 0 Å². The Hall–Kier alpha value is -2.79. The number of benzene rings is 2. The summed E-state index contributed by atoms with van der Waals surface area (Å²) in [4.78, 5) is 14.4. The molecule has 0 aliphatic heterocycles. The zero-order chi connectivity index (χ0) is 17.6. The molecule has 0 saturated heterocycles. The molecular weight excluding hydrogens is 314 g/mol. The molecule has 5 heteroatoms. The quantitative estimate of drug-likeness (QED) is 0.723. The Morgan fingerprint density at radius 1 is 1.08 bits per heavy atom. The summed E-state index contributed by atoms with van der Waals surface area (Å²) in [6.45, 7) is 1.08. The number of likely N-dealkylation sites (N-methyl/N-ethyl adjacent to an activating group) is 1. The number of nitrogens with zero attached hydrogens (tertiary/aromatic N) is 1. The Bertz CT molecular complexity index is 794. The number of amides is 2. The van der Waals surface area contributed by atoms with E-state index in [-0.39, 0.29) is 12.1 Å². The van der Waals surface area contributed by atoms with E-state index < -0.39 is 0 Å². The lowest BCUT2D eigenvalue weighted by atomic mass is 10.1. The molecule has 0 bridgehead atoms. The number of nitrogens with one attached hydrogen (secondary N) is 2. The normalized spacial score (nSPS) is 12.3. The summed E-state index contributed by atoms with van der Waals surface area (Å²) >= 11 is 0. The van der Waals surface area contributed by atoms with Crippen molar-refractivity contribution in [3.05, 3.63) is 72.0 Å². The first-order valence-corrected chi connectivity index (χ1v) is 8.33. The molecule has 2 aromatic carbocycles. The summed E-state index contributed by atoms with van der Waals surface area (Å²) in [6.07, 6.45) is 0. The van der Waals surface area contributed by atoms with Gasteiger partial charge in [0.15, 0.2) is 0 Å². The monoisotopic (exact) mass is 337 g/mol. The Morgan fingerprint density at radius 2 is 1.80 bits per heavy atom. The van der Waals surface area contributed by atoms with Crippen molar-refractivity contribution >= 4 is 17.0 Å². The summed E-state index contributed by atoms with van der Waals surface area (Å²) in [5.41, 5.74) is 1.91. The highest BCUT2D eigenvalue weighted by Crippen LogP contribution is 2.18. The van der Waals surface area contributed by atoms with Gasteiger partial charge in [0.05, 0.1) is 12.6 Å². The predicted octanol–water partition coefficient (Wildman–Crippen LogP) is 3.53. The van der Waals surface area contributed by atoms with Crippen LogP contribution in [0.25, 0.3) is 11.0 Å². The van der Waals surface area contributed by atoms with Crippen molar-refractivity contribution in [2.75, 3.05) is 20.6 Å². The molecule has 1 heterocycles. The van der Waals surface area contributed by atoms with Crippen molar-refractivity contribution in [1.29, 1.82) is 0 Å². The first-order chi connectivity index (χ1) is 12.1. The summed E-state index contributed by atoms with van der Waals surface area (Å²) in [5, 5.41) is 6.94. The van der Waals surface area contributed by atoms with Crippen molar-refractivity contribution in [1.82, 2.24) is 15.5 Å². The van der Waals surface area contributed by atoms with Crippen molar-refractivity contribution in [3.63, 3.8) is 0 Å². The van der Waals surface area contributed by atoms with E-state index in [9.17, 15) is 4.79 Å². The zero-order valence-electron chi connectivity index (χ0n) is 14.5. The van der Waals surface area contributed by atoms with Crippen LogP contribution >= 0.6 is 0 Å². The van der Waals surface area contributed by atoms with Crippen LogP contribution in [0.4, 0.5) is 4.79 Å². The fraction of sp³-hybridized carbons (Fsp3) is 0.250. The number of hydrogen-bond acceptors (Lipinski definition) is 3. The topological polar surface area (TPSA) is 57.5 Å². The number of hydrogen-bond donors (Lipinski definition) is 2. The molecule has 0 radical (unpaired) electrons. The molecule has 0 aliphatic carbocycles. The van der Waals surface area contributed by atoms with E-state index in [4.69, 9.17) is 4.42 Å². The van der Waals surface area contributed by atoms with Gasteiger partial charge in [-0.15, -0.1) is 0 Å². The molecule has 3 aromatic rings. The number of fused-ring (bicyclic) bond motifs is 1. The second-order valence-electron chi connectivity index (χ2n) is 6.30. The fourth-order valence-electron chi connectivity index (χ4n) is 2.79. The van der Waals surface area contributed by atoms with Crippen molar-refractivity contribution in [3.8, 4) is 0 Å². The standard InChI is InChI=1S/C20H23N3O2/c1-23(2)14-18(15-8-4-3-5-9-15)22-20(24)21-13-17-12-16-10-6-7-11-19(16)25-17/h3-12,18H,13-14H2,1-2H3,(H2,21,22,24). The minimum atomic E-state index is -0.212. The molecule has 2 amide bonds. The van der Waals surface area contributed by atoms with E-state index in [0.717, 1.165) is 28.8 Å². The molecule has 0 saturated carbocycles. The molecule has 5 nitrogen and oxygen atoms in total. The third kappa shape index (κ3) is 4.61. The van der Waals surface area contributed by atoms with E-state index in [1.807, 2.05) is 74.8 Å². The molecule has 1 aromatic heterocycles. The van der Waals surface area contributed by atoms with Gasteiger partial charge in [-0.2, -0.15) is 0 Å². The van der Waals surface area contributed by atoms with Crippen LogP contribution in [0.5, 0.6) is 0 Å². The summed E-state index contributed by atoms with van der Waals surface area (Å²) in [7, 11) is 3.98. The lowest BCUT2D eigenvalue weighted by Gasteiger charge is -2.23. The van der Waals surface area contributed by atoms with Gasteiger partial charge in [-0.05, 0) is 31.8 Å². The highest BCUT2D eigenvalue weighted by Gasteiger charge is 2.15. The van der Waals surface area contributed by atoms with Crippen LogP contribution in [0.2, 0.25) is 0 Å². The predicted molar refractivity (Wildman–Crippen MR) is 99.3 cm³/mol. The molecular formula is C20H23N3O2. The van der Waals surface area contributed by atoms with Crippen LogP contribution in [0.1, 0.15) is 17.4 Å². The smallest absolute Gasteiger partial charge is 0.315 e. The van der Waals surface area contributed by atoms with Gasteiger partial charge in [0.1, 0.15) is 11.3 Å². The number of carbonyl (C=O) groups is 1. The third-order valence-corrected chi connectivity index (χ3v) is 3.95.